The van der Waals surface area contributed by atoms with Crippen LogP contribution in [0.15, 0.2) is 30.6 Å². The van der Waals surface area contributed by atoms with Crippen molar-refractivity contribution in [1.29, 1.82) is 0 Å². The van der Waals surface area contributed by atoms with Crippen molar-refractivity contribution >= 4 is 0 Å². The second kappa shape index (κ2) is 5.23. The van der Waals surface area contributed by atoms with E-state index in [2.05, 4.69) is 16.5 Å². The van der Waals surface area contributed by atoms with E-state index in [1.165, 1.54) is 0 Å². The molecule has 4 heteroatoms. The molecule has 0 radical (unpaired) electrons. The van der Waals surface area contributed by atoms with Gasteiger partial charge in [0.05, 0.1) is 13.2 Å². The number of aryl methyl sites for hydroxylation is 2. The summed E-state index contributed by atoms with van der Waals surface area (Å²) in [6, 6.07) is 5.80. The molecule has 18 heavy (non-hydrogen) atoms. The maximum Gasteiger partial charge on any atom is 0.130 e. The fourth-order valence-electron chi connectivity index (χ4n) is 2.05. The highest BCUT2D eigenvalue weighted by molar-refractivity contribution is 5.39. The monoisotopic (exact) mass is 245 g/mol. The van der Waals surface area contributed by atoms with E-state index in [0.29, 0.717) is 0 Å². The lowest BCUT2D eigenvalue weighted by Crippen LogP contribution is -2.17. The molecule has 0 aliphatic carbocycles. The van der Waals surface area contributed by atoms with Gasteiger partial charge in [0.15, 0.2) is 0 Å². The first-order chi connectivity index (χ1) is 8.67. The first-order valence-electron chi connectivity index (χ1n) is 6.08. The van der Waals surface area contributed by atoms with Crippen molar-refractivity contribution in [1.82, 2.24) is 9.55 Å². The summed E-state index contributed by atoms with van der Waals surface area (Å²) in [6.07, 6.45) is 3.73. The molecule has 0 amide bonds. The van der Waals surface area contributed by atoms with Crippen LogP contribution in [0.2, 0.25) is 0 Å². The van der Waals surface area contributed by atoms with E-state index >= 15 is 0 Å². The number of aromatic nitrogens is 2. The van der Waals surface area contributed by atoms with Crippen LogP contribution in [0.3, 0.4) is 0 Å². The molecule has 1 aromatic carbocycles. The molecule has 1 unspecified atom stereocenters. The zero-order valence-corrected chi connectivity index (χ0v) is 11.1. The molecular weight excluding hydrogens is 226 g/mol. The third kappa shape index (κ3) is 2.24. The van der Waals surface area contributed by atoms with Gasteiger partial charge < -0.3 is 15.0 Å². The predicted molar refractivity (Wildman–Crippen MR) is 71.7 cm³/mol. The maximum absolute atomic E-state index is 6.27. The van der Waals surface area contributed by atoms with Gasteiger partial charge in [0, 0.05) is 18.9 Å². The van der Waals surface area contributed by atoms with Crippen LogP contribution in [0.1, 0.15) is 29.9 Å². The zero-order valence-electron chi connectivity index (χ0n) is 11.1. The van der Waals surface area contributed by atoms with Crippen LogP contribution in [0, 0.1) is 6.92 Å². The van der Waals surface area contributed by atoms with Crippen LogP contribution in [-0.4, -0.2) is 16.7 Å². The Morgan fingerprint density at radius 2 is 2.22 bits per heavy atom. The van der Waals surface area contributed by atoms with Crippen molar-refractivity contribution in [2.45, 2.75) is 26.4 Å². The fourth-order valence-corrected chi connectivity index (χ4v) is 2.05. The van der Waals surface area contributed by atoms with Gasteiger partial charge in [0.1, 0.15) is 11.6 Å². The van der Waals surface area contributed by atoms with Crippen molar-refractivity contribution in [2.75, 3.05) is 7.11 Å². The largest absolute Gasteiger partial charge is 0.496 e. The minimum atomic E-state index is -0.227. The third-order valence-corrected chi connectivity index (χ3v) is 3.16. The number of hydrogen-bond donors (Lipinski definition) is 1. The molecule has 96 valence electrons. The van der Waals surface area contributed by atoms with Crippen LogP contribution < -0.4 is 10.5 Å². The normalized spacial score (nSPS) is 12.4. The summed E-state index contributed by atoms with van der Waals surface area (Å²) >= 11 is 0. The Hall–Kier alpha value is -1.81. The summed E-state index contributed by atoms with van der Waals surface area (Å²) in [5, 5.41) is 0. The molecule has 1 atom stereocenters. The second-order valence-corrected chi connectivity index (χ2v) is 4.28. The zero-order chi connectivity index (χ0) is 13.1. The van der Waals surface area contributed by atoms with Crippen molar-refractivity contribution in [3.05, 3.63) is 47.5 Å². The average Bonchev–Trinajstić information content (AvgIpc) is 2.86. The van der Waals surface area contributed by atoms with Gasteiger partial charge in [-0.25, -0.2) is 4.98 Å². The topological polar surface area (TPSA) is 53.1 Å². The van der Waals surface area contributed by atoms with Gasteiger partial charge in [-0.2, -0.15) is 0 Å². The summed E-state index contributed by atoms with van der Waals surface area (Å²) in [7, 11) is 1.67. The Bertz CT molecular complexity index is 534. The van der Waals surface area contributed by atoms with Crippen molar-refractivity contribution in [2.24, 2.45) is 5.73 Å². The standard InChI is InChI=1S/C14H19N3O/c1-4-17-8-7-16-14(17)13(15)11-6-5-10(2)12(9-11)18-3/h5-9,13H,4,15H2,1-3H3. The van der Waals surface area contributed by atoms with Crippen LogP contribution in [0.4, 0.5) is 0 Å². The smallest absolute Gasteiger partial charge is 0.130 e. The predicted octanol–water partition coefficient (Wildman–Crippen LogP) is 2.27. The van der Waals surface area contributed by atoms with Gasteiger partial charge in [-0.05, 0) is 31.0 Å². The summed E-state index contributed by atoms with van der Waals surface area (Å²) in [6.45, 7) is 4.96. The fraction of sp³-hybridized carbons (Fsp3) is 0.357. The molecule has 0 fully saturated rings. The Morgan fingerprint density at radius 3 is 2.89 bits per heavy atom. The van der Waals surface area contributed by atoms with E-state index in [0.717, 1.165) is 29.2 Å². The summed E-state index contributed by atoms with van der Waals surface area (Å²) in [4.78, 5) is 4.34. The van der Waals surface area contributed by atoms with Gasteiger partial charge in [-0.3, -0.25) is 0 Å². The van der Waals surface area contributed by atoms with Gasteiger partial charge in [-0.1, -0.05) is 12.1 Å². The molecule has 0 aliphatic heterocycles. The molecule has 2 N–H and O–H groups in total. The molecule has 4 nitrogen and oxygen atoms in total. The van der Waals surface area contributed by atoms with E-state index in [-0.39, 0.29) is 6.04 Å². The lowest BCUT2D eigenvalue weighted by Gasteiger charge is -2.15. The van der Waals surface area contributed by atoms with E-state index in [1.807, 2.05) is 31.3 Å². The second-order valence-electron chi connectivity index (χ2n) is 4.28. The number of rotatable bonds is 4. The molecule has 0 aliphatic rings. The Labute approximate surface area is 107 Å². The lowest BCUT2D eigenvalue weighted by atomic mass is 10.0. The van der Waals surface area contributed by atoms with E-state index < -0.39 is 0 Å². The van der Waals surface area contributed by atoms with Gasteiger partial charge >= 0.3 is 0 Å². The number of benzene rings is 1. The molecule has 2 rings (SSSR count). The highest BCUT2D eigenvalue weighted by Crippen LogP contribution is 2.25. The molecule has 0 saturated carbocycles. The molecule has 1 aromatic heterocycles. The van der Waals surface area contributed by atoms with Gasteiger partial charge in [-0.15, -0.1) is 0 Å². The van der Waals surface area contributed by atoms with E-state index in [1.54, 1.807) is 13.3 Å². The molecule has 0 spiro atoms. The minimum absolute atomic E-state index is 0.227. The van der Waals surface area contributed by atoms with Gasteiger partial charge in [0.2, 0.25) is 0 Å². The SMILES string of the molecule is CCn1ccnc1C(N)c1ccc(C)c(OC)c1. The van der Waals surface area contributed by atoms with Crippen LogP contribution in [0.5, 0.6) is 5.75 Å². The van der Waals surface area contributed by atoms with Crippen LogP contribution in [0.25, 0.3) is 0 Å². The molecular formula is C14H19N3O. The summed E-state index contributed by atoms with van der Waals surface area (Å²) in [5.74, 6) is 1.74. The Morgan fingerprint density at radius 1 is 1.44 bits per heavy atom. The van der Waals surface area contributed by atoms with Crippen LogP contribution in [-0.2, 0) is 6.54 Å². The quantitative estimate of drug-likeness (QED) is 0.899. The molecule has 1 heterocycles. The molecule has 2 aromatic rings. The first-order valence-corrected chi connectivity index (χ1v) is 6.08. The Balaban J connectivity index is 2.37. The maximum atomic E-state index is 6.27. The lowest BCUT2D eigenvalue weighted by molar-refractivity contribution is 0.411. The van der Waals surface area contributed by atoms with Crippen molar-refractivity contribution < 1.29 is 4.74 Å². The summed E-state index contributed by atoms with van der Waals surface area (Å²) in [5.41, 5.74) is 8.39. The third-order valence-electron chi connectivity index (χ3n) is 3.16. The van der Waals surface area contributed by atoms with Crippen molar-refractivity contribution in [3.63, 3.8) is 0 Å². The number of nitrogens with two attached hydrogens (primary N) is 1. The number of methoxy groups -OCH3 is 1. The Kier molecular flexibility index (Phi) is 3.67. The van der Waals surface area contributed by atoms with E-state index in [9.17, 15) is 0 Å². The minimum Gasteiger partial charge on any atom is -0.496 e. The van der Waals surface area contributed by atoms with E-state index in [4.69, 9.17) is 10.5 Å². The molecule has 0 bridgehead atoms. The number of imidazole rings is 1. The van der Waals surface area contributed by atoms with Crippen molar-refractivity contribution in [3.8, 4) is 5.75 Å². The van der Waals surface area contributed by atoms with Crippen LogP contribution >= 0.6 is 0 Å². The number of hydrogen-bond acceptors (Lipinski definition) is 3. The first kappa shape index (κ1) is 12.6. The highest BCUT2D eigenvalue weighted by Gasteiger charge is 2.15. The molecule has 0 saturated heterocycles. The number of nitrogens with zero attached hydrogens (tertiary/aromatic N) is 2. The number of ether oxygens (including phenoxy) is 1. The summed E-state index contributed by atoms with van der Waals surface area (Å²) < 4.78 is 7.38. The average molecular weight is 245 g/mol. The highest BCUT2D eigenvalue weighted by atomic mass is 16.5. The van der Waals surface area contributed by atoms with Gasteiger partial charge in [0.25, 0.3) is 0 Å².